The minimum absolute atomic E-state index is 0.0792. The van der Waals surface area contributed by atoms with Gasteiger partial charge in [0.15, 0.2) is 6.10 Å². The number of ether oxygens (including phenoxy) is 3. The normalized spacial score (nSPS) is 12.5. The standard InChI is InChI=1S/C61H108O6/c1-4-7-10-13-16-18-20-22-24-25-26-27-28-29-30-31-32-33-34-35-37-38-40-42-45-48-51-54-60(63)66-57-58(56-65-59(62)53-50-47-44-15-12-9-6-3)67-61(64)55-52-49-46-43-41-39-36-23-21-19-17-14-11-8-5-2/h8,11,17,19-20,22-23,25-26,36,58H,4-7,9-10,12-16,18,21,24,27-35,37-57H2,1-3H3/b11-8-,19-17-,22-20-,26-25-,36-23-. The second kappa shape index (κ2) is 55.7. The lowest BCUT2D eigenvalue weighted by molar-refractivity contribution is -0.167. The Labute approximate surface area is 415 Å². The van der Waals surface area contributed by atoms with E-state index in [0.717, 1.165) is 103 Å². The first-order valence-corrected chi connectivity index (χ1v) is 28.8. The van der Waals surface area contributed by atoms with Crippen molar-refractivity contribution in [1.29, 1.82) is 0 Å². The zero-order valence-corrected chi connectivity index (χ0v) is 44.4. The van der Waals surface area contributed by atoms with Crippen molar-refractivity contribution in [2.75, 3.05) is 13.2 Å². The summed E-state index contributed by atoms with van der Waals surface area (Å²) in [4.78, 5) is 37.9. The summed E-state index contributed by atoms with van der Waals surface area (Å²) in [5, 5.41) is 0. The van der Waals surface area contributed by atoms with Gasteiger partial charge in [-0.25, -0.2) is 0 Å². The monoisotopic (exact) mass is 937 g/mol. The van der Waals surface area contributed by atoms with Crippen LogP contribution in [0, 0.1) is 0 Å². The second-order valence-electron chi connectivity index (χ2n) is 19.2. The molecule has 388 valence electrons. The SMILES string of the molecule is CC/C=C\C/C=C\C/C=C\CCCCCCCC(=O)OC(COC(=O)CCCCCCCCC)COC(=O)CCCCCCCCCCCCCCCCC/C=C\C/C=C\CCCCCCC. The maximum absolute atomic E-state index is 12.8. The first-order chi connectivity index (χ1) is 33.0. The minimum atomic E-state index is -0.779. The molecule has 0 amide bonds. The predicted molar refractivity (Wildman–Crippen MR) is 288 cm³/mol. The predicted octanol–water partition coefficient (Wildman–Crippen LogP) is 19.2. The van der Waals surface area contributed by atoms with E-state index in [1.165, 1.54) is 148 Å². The van der Waals surface area contributed by atoms with Gasteiger partial charge in [0.05, 0.1) is 0 Å². The fourth-order valence-corrected chi connectivity index (χ4v) is 8.19. The maximum Gasteiger partial charge on any atom is 0.306 e. The average molecular weight is 938 g/mol. The third kappa shape index (κ3) is 53.9. The van der Waals surface area contributed by atoms with Gasteiger partial charge >= 0.3 is 17.9 Å². The highest BCUT2D eigenvalue weighted by Crippen LogP contribution is 2.16. The summed E-state index contributed by atoms with van der Waals surface area (Å²) in [5.41, 5.74) is 0. The highest BCUT2D eigenvalue weighted by Gasteiger charge is 2.19. The fraction of sp³-hybridized carbons (Fsp3) is 0.787. The molecule has 0 aromatic carbocycles. The van der Waals surface area contributed by atoms with E-state index in [4.69, 9.17) is 14.2 Å². The van der Waals surface area contributed by atoms with Crippen LogP contribution in [0.5, 0.6) is 0 Å². The molecule has 1 unspecified atom stereocenters. The molecule has 0 aromatic heterocycles. The molecule has 0 fully saturated rings. The van der Waals surface area contributed by atoms with E-state index < -0.39 is 6.10 Å². The molecule has 6 nitrogen and oxygen atoms in total. The molecule has 0 bridgehead atoms. The summed E-state index contributed by atoms with van der Waals surface area (Å²) < 4.78 is 16.8. The number of unbranched alkanes of at least 4 members (excludes halogenated alkanes) is 31. The quantitative estimate of drug-likeness (QED) is 0.0262. The number of hydrogen-bond donors (Lipinski definition) is 0. The zero-order valence-electron chi connectivity index (χ0n) is 44.4. The summed E-state index contributed by atoms with van der Waals surface area (Å²) in [7, 11) is 0. The topological polar surface area (TPSA) is 78.9 Å². The van der Waals surface area contributed by atoms with Crippen LogP contribution in [0.1, 0.15) is 290 Å². The minimum Gasteiger partial charge on any atom is -0.462 e. The molecule has 0 aliphatic heterocycles. The highest BCUT2D eigenvalue weighted by atomic mass is 16.6. The smallest absolute Gasteiger partial charge is 0.306 e. The molecule has 0 rings (SSSR count). The molecule has 0 N–H and O–H groups in total. The molecule has 0 radical (unpaired) electrons. The number of rotatable bonds is 52. The molecule has 0 aliphatic carbocycles. The van der Waals surface area contributed by atoms with E-state index >= 15 is 0 Å². The van der Waals surface area contributed by atoms with Crippen molar-refractivity contribution >= 4 is 17.9 Å². The average Bonchev–Trinajstić information content (AvgIpc) is 3.33. The van der Waals surface area contributed by atoms with Crippen LogP contribution in [0.25, 0.3) is 0 Å². The van der Waals surface area contributed by atoms with Crippen LogP contribution in [0.3, 0.4) is 0 Å². The number of carbonyl (C=O) groups is 3. The summed E-state index contributed by atoms with van der Waals surface area (Å²) in [6, 6.07) is 0. The number of esters is 3. The van der Waals surface area contributed by atoms with E-state index in [9.17, 15) is 14.4 Å². The first kappa shape index (κ1) is 64.1. The van der Waals surface area contributed by atoms with Crippen LogP contribution < -0.4 is 0 Å². The van der Waals surface area contributed by atoms with Crippen LogP contribution in [0.4, 0.5) is 0 Å². The Hall–Kier alpha value is -2.89. The molecule has 0 heterocycles. The van der Waals surface area contributed by atoms with Gasteiger partial charge in [0.2, 0.25) is 0 Å². The molecular weight excluding hydrogens is 829 g/mol. The fourth-order valence-electron chi connectivity index (χ4n) is 8.19. The first-order valence-electron chi connectivity index (χ1n) is 28.8. The van der Waals surface area contributed by atoms with Gasteiger partial charge in [-0.05, 0) is 83.5 Å². The third-order valence-corrected chi connectivity index (χ3v) is 12.5. The Morgan fingerprint density at radius 2 is 0.582 bits per heavy atom. The van der Waals surface area contributed by atoms with Crippen LogP contribution in [-0.2, 0) is 28.6 Å². The zero-order chi connectivity index (χ0) is 48.6. The largest absolute Gasteiger partial charge is 0.462 e. The van der Waals surface area contributed by atoms with Gasteiger partial charge in [-0.1, -0.05) is 248 Å². The number of hydrogen-bond acceptors (Lipinski definition) is 6. The molecular formula is C61H108O6. The van der Waals surface area contributed by atoms with Crippen molar-refractivity contribution in [2.24, 2.45) is 0 Å². The summed E-state index contributed by atoms with van der Waals surface area (Å²) >= 11 is 0. The number of carbonyl (C=O) groups excluding carboxylic acids is 3. The Kier molecular flexibility index (Phi) is 53.3. The van der Waals surface area contributed by atoms with Crippen molar-refractivity contribution in [3.8, 4) is 0 Å². The van der Waals surface area contributed by atoms with Crippen LogP contribution in [0.15, 0.2) is 60.8 Å². The van der Waals surface area contributed by atoms with Crippen LogP contribution >= 0.6 is 0 Å². The number of allylic oxidation sites excluding steroid dienone is 10. The van der Waals surface area contributed by atoms with Gasteiger partial charge in [-0.3, -0.25) is 14.4 Å². The van der Waals surface area contributed by atoms with Gasteiger partial charge < -0.3 is 14.2 Å². The Morgan fingerprint density at radius 3 is 0.910 bits per heavy atom. The van der Waals surface area contributed by atoms with Crippen molar-refractivity contribution in [3.63, 3.8) is 0 Å². The van der Waals surface area contributed by atoms with Gasteiger partial charge in [-0.2, -0.15) is 0 Å². The van der Waals surface area contributed by atoms with Crippen molar-refractivity contribution in [1.82, 2.24) is 0 Å². The molecule has 1 atom stereocenters. The molecule has 0 aliphatic rings. The lowest BCUT2D eigenvalue weighted by Crippen LogP contribution is -2.30. The van der Waals surface area contributed by atoms with E-state index in [0.29, 0.717) is 19.3 Å². The van der Waals surface area contributed by atoms with Crippen molar-refractivity contribution in [3.05, 3.63) is 60.8 Å². The summed E-state index contributed by atoms with van der Waals surface area (Å²) in [6.07, 6.45) is 69.6. The van der Waals surface area contributed by atoms with Crippen molar-refractivity contribution < 1.29 is 28.6 Å². The molecule has 6 heteroatoms. The third-order valence-electron chi connectivity index (χ3n) is 12.5. The lowest BCUT2D eigenvalue weighted by Gasteiger charge is -2.18. The van der Waals surface area contributed by atoms with Crippen LogP contribution in [-0.4, -0.2) is 37.2 Å². The molecule has 67 heavy (non-hydrogen) atoms. The lowest BCUT2D eigenvalue weighted by atomic mass is 10.0. The van der Waals surface area contributed by atoms with Crippen molar-refractivity contribution in [2.45, 2.75) is 297 Å². The highest BCUT2D eigenvalue weighted by molar-refractivity contribution is 5.71. The Balaban J connectivity index is 4.10. The molecule has 0 spiro atoms. The van der Waals surface area contributed by atoms with E-state index in [1.807, 2.05) is 0 Å². The van der Waals surface area contributed by atoms with E-state index in [2.05, 4.69) is 81.5 Å². The van der Waals surface area contributed by atoms with Crippen LogP contribution in [0.2, 0.25) is 0 Å². The molecule has 0 aromatic rings. The van der Waals surface area contributed by atoms with E-state index in [1.54, 1.807) is 0 Å². The van der Waals surface area contributed by atoms with Gasteiger partial charge in [0.1, 0.15) is 13.2 Å². The van der Waals surface area contributed by atoms with Gasteiger partial charge in [0.25, 0.3) is 0 Å². The Morgan fingerprint density at radius 1 is 0.313 bits per heavy atom. The second-order valence-corrected chi connectivity index (χ2v) is 19.2. The molecule has 0 saturated carbocycles. The van der Waals surface area contributed by atoms with Gasteiger partial charge in [-0.15, -0.1) is 0 Å². The summed E-state index contributed by atoms with van der Waals surface area (Å²) in [6.45, 7) is 6.48. The summed E-state index contributed by atoms with van der Waals surface area (Å²) in [5.74, 6) is -0.895. The Bertz CT molecular complexity index is 1210. The molecule has 0 saturated heterocycles. The maximum atomic E-state index is 12.8. The van der Waals surface area contributed by atoms with Gasteiger partial charge in [0, 0.05) is 19.3 Å². The van der Waals surface area contributed by atoms with E-state index in [-0.39, 0.29) is 31.1 Å².